The second-order valence-corrected chi connectivity index (χ2v) is 7.70. The van der Waals surface area contributed by atoms with Crippen molar-refractivity contribution >= 4 is 23.2 Å². The Labute approximate surface area is 177 Å². The van der Waals surface area contributed by atoms with Gasteiger partial charge in [0.15, 0.2) is 0 Å². The van der Waals surface area contributed by atoms with Gasteiger partial charge in [0, 0.05) is 5.69 Å². The van der Waals surface area contributed by atoms with Gasteiger partial charge in [0.25, 0.3) is 0 Å². The molecular weight excluding hydrogens is 372 g/mol. The molecule has 0 spiro atoms. The smallest absolute Gasteiger partial charge is 0.119 e. The van der Waals surface area contributed by atoms with E-state index in [2.05, 4.69) is 39.9 Å². The Kier molecular flexibility index (Phi) is 5.68. The number of fused-ring (bicyclic) bond motifs is 1. The average Bonchev–Trinajstić information content (AvgIpc) is 3.16. The SMILES string of the molecule is CC(C)Oc1ccc(-n2cnc3cc(/C=C\c4ccc(C(C)O)cc4)ccc32)cc1. The molecule has 1 atom stereocenters. The molecule has 30 heavy (non-hydrogen) atoms. The molecule has 4 heteroatoms. The van der Waals surface area contributed by atoms with E-state index in [-0.39, 0.29) is 6.10 Å². The maximum Gasteiger partial charge on any atom is 0.119 e. The van der Waals surface area contributed by atoms with E-state index in [1.165, 1.54) is 0 Å². The molecule has 0 aliphatic rings. The number of rotatable bonds is 6. The maximum atomic E-state index is 9.62. The summed E-state index contributed by atoms with van der Waals surface area (Å²) in [4.78, 5) is 4.58. The van der Waals surface area contributed by atoms with E-state index in [4.69, 9.17) is 4.74 Å². The molecule has 1 N–H and O–H groups in total. The second kappa shape index (κ2) is 8.56. The molecule has 0 fully saturated rings. The van der Waals surface area contributed by atoms with Crippen LogP contribution in [0.4, 0.5) is 0 Å². The number of aliphatic hydroxyl groups excluding tert-OH is 1. The molecule has 1 heterocycles. The van der Waals surface area contributed by atoms with Crippen molar-refractivity contribution in [1.29, 1.82) is 0 Å². The number of nitrogens with zero attached hydrogens (tertiary/aromatic N) is 2. The predicted molar refractivity (Wildman–Crippen MR) is 123 cm³/mol. The largest absolute Gasteiger partial charge is 0.491 e. The highest BCUT2D eigenvalue weighted by atomic mass is 16.5. The molecule has 0 aliphatic heterocycles. The zero-order chi connectivity index (χ0) is 21.1. The van der Waals surface area contributed by atoms with Crippen LogP contribution < -0.4 is 4.74 Å². The van der Waals surface area contributed by atoms with E-state index in [1.54, 1.807) is 6.92 Å². The van der Waals surface area contributed by atoms with Crippen molar-refractivity contribution in [2.75, 3.05) is 0 Å². The second-order valence-electron chi connectivity index (χ2n) is 7.70. The summed E-state index contributed by atoms with van der Waals surface area (Å²) >= 11 is 0. The van der Waals surface area contributed by atoms with E-state index in [0.29, 0.717) is 0 Å². The van der Waals surface area contributed by atoms with Crippen LogP contribution in [0.25, 0.3) is 28.9 Å². The fraction of sp³-hybridized carbons (Fsp3) is 0.192. The van der Waals surface area contributed by atoms with E-state index in [0.717, 1.165) is 39.2 Å². The molecule has 152 valence electrons. The molecule has 4 rings (SSSR count). The first-order valence-corrected chi connectivity index (χ1v) is 10.2. The van der Waals surface area contributed by atoms with Crippen molar-refractivity contribution in [3.63, 3.8) is 0 Å². The van der Waals surface area contributed by atoms with Gasteiger partial charge in [0.2, 0.25) is 0 Å². The van der Waals surface area contributed by atoms with E-state index in [9.17, 15) is 5.11 Å². The van der Waals surface area contributed by atoms with Gasteiger partial charge in [-0.05, 0) is 73.9 Å². The third-order valence-corrected chi connectivity index (χ3v) is 4.95. The highest BCUT2D eigenvalue weighted by Gasteiger charge is 2.06. The van der Waals surface area contributed by atoms with Crippen LogP contribution in [0.5, 0.6) is 5.75 Å². The summed E-state index contributed by atoms with van der Waals surface area (Å²) in [5.74, 6) is 0.868. The lowest BCUT2D eigenvalue weighted by Crippen LogP contribution is -2.05. The zero-order valence-electron chi connectivity index (χ0n) is 17.5. The lowest BCUT2D eigenvalue weighted by molar-refractivity contribution is 0.199. The first kappa shape index (κ1) is 19.9. The van der Waals surface area contributed by atoms with Gasteiger partial charge in [-0.15, -0.1) is 0 Å². The summed E-state index contributed by atoms with van der Waals surface area (Å²) in [6, 6.07) is 22.3. The van der Waals surface area contributed by atoms with Crippen LogP contribution in [0, 0.1) is 0 Å². The molecule has 3 aromatic carbocycles. The van der Waals surface area contributed by atoms with Gasteiger partial charge in [-0.25, -0.2) is 4.98 Å². The molecule has 0 saturated heterocycles. The highest BCUT2D eigenvalue weighted by molar-refractivity contribution is 5.82. The van der Waals surface area contributed by atoms with Gasteiger partial charge in [-0.1, -0.05) is 42.5 Å². The third-order valence-electron chi connectivity index (χ3n) is 4.95. The quantitative estimate of drug-likeness (QED) is 0.403. The van der Waals surface area contributed by atoms with Gasteiger partial charge in [-0.2, -0.15) is 0 Å². The van der Waals surface area contributed by atoms with Crippen molar-refractivity contribution < 1.29 is 9.84 Å². The Morgan fingerprint density at radius 2 is 1.53 bits per heavy atom. The molecule has 1 aromatic heterocycles. The van der Waals surface area contributed by atoms with Gasteiger partial charge >= 0.3 is 0 Å². The highest BCUT2D eigenvalue weighted by Crippen LogP contribution is 2.23. The Balaban J connectivity index is 1.54. The van der Waals surface area contributed by atoms with Crippen molar-refractivity contribution in [2.24, 2.45) is 0 Å². The molecule has 0 bridgehead atoms. The Hall–Kier alpha value is -3.37. The zero-order valence-corrected chi connectivity index (χ0v) is 17.5. The lowest BCUT2D eigenvalue weighted by atomic mass is 10.1. The van der Waals surface area contributed by atoms with Crippen molar-refractivity contribution in [3.05, 3.63) is 89.7 Å². The van der Waals surface area contributed by atoms with Crippen molar-refractivity contribution in [3.8, 4) is 11.4 Å². The number of imidazole rings is 1. The Morgan fingerprint density at radius 3 is 2.20 bits per heavy atom. The van der Waals surface area contributed by atoms with Gasteiger partial charge in [-0.3, -0.25) is 4.57 Å². The van der Waals surface area contributed by atoms with Crippen LogP contribution in [-0.2, 0) is 0 Å². The fourth-order valence-electron chi connectivity index (χ4n) is 3.37. The average molecular weight is 399 g/mol. The molecule has 0 amide bonds. The summed E-state index contributed by atoms with van der Waals surface area (Å²) < 4.78 is 7.81. The molecular formula is C26H26N2O2. The van der Waals surface area contributed by atoms with Crippen LogP contribution in [0.2, 0.25) is 0 Å². The van der Waals surface area contributed by atoms with E-state index in [1.807, 2.05) is 68.7 Å². The Morgan fingerprint density at radius 1 is 0.867 bits per heavy atom. The molecule has 0 radical (unpaired) electrons. The van der Waals surface area contributed by atoms with Crippen LogP contribution in [0.15, 0.2) is 73.1 Å². The number of ether oxygens (including phenoxy) is 1. The molecule has 4 nitrogen and oxygen atoms in total. The standard InChI is InChI=1S/C26H26N2O2/c1-18(2)30-24-13-11-23(12-14-24)28-17-27-25-16-21(8-15-26(25)28)5-4-20-6-9-22(10-7-20)19(3)29/h4-19,29H,1-3H3/b5-4-. The van der Waals surface area contributed by atoms with E-state index >= 15 is 0 Å². The summed E-state index contributed by atoms with van der Waals surface area (Å²) in [5.41, 5.74) is 6.16. The molecule has 4 aromatic rings. The number of hydrogen-bond acceptors (Lipinski definition) is 3. The molecule has 1 unspecified atom stereocenters. The normalized spacial score (nSPS) is 12.7. The predicted octanol–water partition coefficient (Wildman–Crippen LogP) is 6.04. The fourth-order valence-corrected chi connectivity index (χ4v) is 3.37. The topological polar surface area (TPSA) is 47.3 Å². The van der Waals surface area contributed by atoms with Crippen LogP contribution in [-0.4, -0.2) is 20.8 Å². The Bertz CT molecular complexity index is 1150. The minimum absolute atomic E-state index is 0.160. The van der Waals surface area contributed by atoms with E-state index < -0.39 is 6.10 Å². The lowest BCUT2D eigenvalue weighted by Gasteiger charge is -2.10. The summed E-state index contributed by atoms with van der Waals surface area (Å²) in [5, 5.41) is 9.62. The first-order chi connectivity index (χ1) is 14.5. The van der Waals surface area contributed by atoms with Crippen LogP contribution in [0.1, 0.15) is 43.6 Å². The molecule has 0 aliphatic carbocycles. The van der Waals surface area contributed by atoms with Crippen LogP contribution >= 0.6 is 0 Å². The number of hydrogen-bond donors (Lipinski definition) is 1. The molecule has 0 saturated carbocycles. The van der Waals surface area contributed by atoms with Crippen molar-refractivity contribution in [1.82, 2.24) is 9.55 Å². The number of aromatic nitrogens is 2. The van der Waals surface area contributed by atoms with Gasteiger partial charge < -0.3 is 9.84 Å². The summed E-state index contributed by atoms with van der Waals surface area (Å²) in [6.07, 6.45) is 5.71. The summed E-state index contributed by atoms with van der Waals surface area (Å²) in [6.45, 7) is 5.81. The number of benzene rings is 3. The summed E-state index contributed by atoms with van der Waals surface area (Å²) in [7, 11) is 0. The van der Waals surface area contributed by atoms with Crippen LogP contribution in [0.3, 0.4) is 0 Å². The minimum Gasteiger partial charge on any atom is -0.491 e. The number of aliphatic hydroxyl groups is 1. The minimum atomic E-state index is -0.445. The first-order valence-electron chi connectivity index (χ1n) is 10.2. The van der Waals surface area contributed by atoms with Crippen molar-refractivity contribution in [2.45, 2.75) is 33.0 Å². The maximum absolute atomic E-state index is 9.62. The monoisotopic (exact) mass is 398 g/mol. The third kappa shape index (κ3) is 4.44. The van der Waals surface area contributed by atoms with Gasteiger partial charge in [0.05, 0.1) is 23.2 Å². The van der Waals surface area contributed by atoms with Gasteiger partial charge in [0.1, 0.15) is 12.1 Å².